The minimum atomic E-state index is -0.354. The molecule has 1 saturated heterocycles. The second kappa shape index (κ2) is 4.56. The summed E-state index contributed by atoms with van der Waals surface area (Å²) in [6.45, 7) is 1.93. The normalized spacial score (nSPS) is 20.2. The average Bonchev–Trinajstić information content (AvgIpc) is 2.48. The highest BCUT2D eigenvalue weighted by Gasteiger charge is 2.35. The van der Waals surface area contributed by atoms with Crippen LogP contribution in [0.25, 0.3) is 0 Å². The van der Waals surface area contributed by atoms with Gasteiger partial charge in [0.2, 0.25) is 11.8 Å². The number of benzene rings is 1. The van der Waals surface area contributed by atoms with Gasteiger partial charge in [0.15, 0.2) is 0 Å². The maximum absolute atomic E-state index is 12.9. The van der Waals surface area contributed by atoms with Crippen LogP contribution in [0.15, 0.2) is 22.7 Å². The van der Waals surface area contributed by atoms with Crippen LogP contribution in [0.2, 0.25) is 0 Å². The first kappa shape index (κ1) is 12.2. The second-order valence-electron chi connectivity index (χ2n) is 4.16. The van der Waals surface area contributed by atoms with Crippen LogP contribution in [0.1, 0.15) is 18.9 Å². The molecule has 2 rings (SSSR count). The lowest BCUT2D eigenvalue weighted by molar-refractivity contribution is -0.139. The molecule has 1 aromatic carbocycles. The van der Waals surface area contributed by atoms with Gasteiger partial charge in [-0.2, -0.15) is 0 Å². The highest BCUT2D eigenvalue weighted by molar-refractivity contribution is 9.10. The third-order valence-electron chi connectivity index (χ3n) is 2.81. The largest absolute Gasteiger partial charge is 0.278 e. The molecule has 1 unspecified atom stereocenters. The summed E-state index contributed by atoms with van der Waals surface area (Å²) >= 11 is 3.22. The Labute approximate surface area is 107 Å². The summed E-state index contributed by atoms with van der Waals surface area (Å²) in [5.41, 5.74) is 0.724. The zero-order chi connectivity index (χ0) is 12.6. The van der Waals surface area contributed by atoms with E-state index in [1.807, 2.05) is 0 Å². The number of nitrogens with zero attached hydrogens (tertiary/aromatic N) is 1. The fraction of sp³-hybridized carbons (Fsp3) is 0.333. The number of likely N-dealkylation sites (tertiary alicyclic amines) is 1. The molecule has 1 atom stereocenters. The number of carbonyl (C=O) groups excluding carboxylic acids is 2. The molecule has 0 saturated carbocycles. The Morgan fingerprint density at radius 3 is 2.71 bits per heavy atom. The number of halogens is 2. The van der Waals surface area contributed by atoms with Crippen molar-refractivity contribution in [3.8, 4) is 0 Å². The van der Waals surface area contributed by atoms with Crippen molar-refractivity contribution in [2.75, 3.05) is 0 Å². The Balaban J connectivity index is 2.21. The smallest absolute Gasteiger partial charge is 0.232 e. The van der Waals surface area contributed by atoms with Crippen molar-refractivity contribution < 1.29 is 14.0 Å². The van der Waals surface area contributed by atoms with Crippen molar-refractivity contribution >= 4 is 27.7 Å². The number of rotatable bonds is 2. The molecule has 1 fully saturated rings. The maximum atomic E-state index is 12.9. The molecule has 90 valence electrons. The van der Waals surface area contributed by atoms with Gasteiger partial charge in [0, 0.05) is 16.8 Å². The summed E-state index contributed by atoms with van der Waals surface area (Å²) in [5, 5.41) is 0. The fourth-order valence-electron chi connectivity index (χ4n) is 1.83. The van der Waals surface area contributed by atoms with Crippen LogP contribution in [0.4, 0.5) is 4.39 Å². The van der Waals surface area contributed by atoms with Crippen LogP contribution in [0, 0.1) is 11.7 Å². The van der Waals surface area contributed by atoms with Gasteiger partial charge in [-0.15, -0.1) is 0 Å². The van der Waals surface area contributed by atoms with Crippen LogP contribution in [-0.2, 0) is 16.1 Å². The van der Waals surface area contributed by atoms with Crippen molar-refractivity contribution in [1.82, 2.24) is 4.90 Å². The molecule has 5 heteroatoms. The Morgan fingerprint density at radius 2 is 2.18 bits per heavy atom. The predicted molar refractivity (Wildman–Crippen MR) is 63.4 cm³/mol. The summed E-state index contributed by atoms with van der Waals surface area (Å²) in [7, 11) is 0. The Hall–Kier alpha value is -1.23. The third kappa shape index (κ3) is 2.39. The molecular formula is C12H11BrFNO2. The van der Waals surface area contributed by atoms with Gasteiger partial charge in [0.1, 0.15) is 5.82 Å². The molecule has 2 amide bonds. The van der Waals surface area contributed by atoms with E-state index in [1.54, 1.807) is 13.0 Å². The van der Waals surface area contributed by atoms with Crippen LogP contribution < -0.4 is 0 Å². The van der Waals surface area contributed by atoms with E-state index in [4.69, 9.17) is 0 Å². The molecule has 0 bridgehead atoms. The van der Waals surface area contributed by atoms with E-state index < -0.39 is 0 Å². The van der Waals surface area contributed by atoms with Gasteiger partial charge in [-0.3, -0.25) is 14.5 Å². The van der Waals surface area contributed by atoms with E-state index in [2.05, 4.69) is 15.9 Å². The summed E-state index contributed by atoms with van der Waals surface area (Å²) in [5.74, 6) is -0.931. The van der Waals surface area contributed by atoms with Gasteiger partial charge in [0.25, 0.3) is 0 Å². The Morgan fingerprint density at radius 1 is 1.47 bits per heavy atom. The van der Waals surface area contributed by atoms with E-state index in [0.717, 1.165) is 5.56 Å². The summed E-state index contributed by atoms with van der Waals surface area (Å²) < 4.78 is 13.5. The Kier molecular flexibility index (Phi) is 3.28. The van der Waals surface area contributed by atoms with E-state index in [-0.39, 0.29) is 36.5 Å². The number of imide groups is 1. The minimum absolute atomic E-state index is 0.161. The molecule has 17 heavy (non-hydrogen) atoms. The number of hydrogen-bond acceptors (Lipinski definition) is 2. The van der Waals surface area contributed by atoms with Gasteiger partial charge >= 0.3 is 0 Å². The van der Waals surface area contributed by atoms with Gasteiger partial charge in [-0.05, 0) is 17.7 Å². The molecule has 1 aliphatic heterocycles. The molecule has 1 heterocycles. The SMILES string of the molecule is CC1CC(=O)N(Cc2ccc(F)cc2Br)C1=O. The standard InChI is InChI=1S/C12H11BrFNO2/c1-7-4-11(16)15(12(7)17)6-8-2-3-9(14)5-10(8)13/h2-3,5,7H,4,6H2,1H3. The molecule has 1 aliphatic rings. The van der Waals surface area contributed by atoms with Gasteiger partial charge in [-0.25, -0.2) is 4.39 Å². The lowest BCUT2D eigenvalue weighted by atomic mass is 10.1. The molecule has 1 aromatic rings. The zero-order valence-electron chi connectivity index (χ0n) is 9.24. The lowest BCUT2D eigenvalue weighted by Gasteiger charge is -2.15. The summed E-state index contributed by atoms with van der Waals surface area (Å²) in [6, 6.07) is 4.21. The molecule has 3 nitrogen and oxygen atoms in total. The summed E-state index contributed by atoms with van der Waals surface area (Å²) in [6.07, 6.45) is 0.262. The van der Waals surface area contributed by atoms with E-state index in [9.17, 15) is 14.0 Å². The lowest BCUT2D eigenvalue weighted by Crippen LogP contribution is -2.29. The second-order valence-corrected chi connectivity index (χ2v) is 5.01. The number of hydrogen-bond donors (Lipinski definition) is 0. The molecule has 0 radical (unpaired) electrons. The monoisotopic (exact) mass is 299 g/mol. The highest BCUT2D eigenvalue weighted by atomic mass is 79.9. The van der Waals surface area contributed by atoms with Crippen molar-refractivity contribution in [1.29, 1.82) is 0 Å². The highest BCUT2D eigenvalue weighted by Crippen LogP contribution is 2.25. The fourth-order valence-corrected chi connectivity index (χ4v) is 2.31. The van der Waals surface area contributed by atoms with Crippen LogP contribution in [0.3, 0.4) is 0 Å². The topological polar surface area (TPSA) is 37.4 Å². The quantitative estimate of drug-likeness (QED) is 0.787. The number of amides is 2. The van der Waals surface area contributed by atoms with Crippen molar-refractivity contribution in [2.45, 2.75) is 19.9 Å². The van der Waals surface area contributed by atoms with E-state index >= 15 is 0 Å². The Bertz CT molecular complexity index is 489. The first-order chi connectivity index (χ1) is 7.99. The summed E-state index contributed by atoms with van der Waals surface area (Å²) in [4.78, 5) is 24.5. The number of carbonyl (C=O) groups is 2. The predicted octanol–water partition coefficient (Wildman–Crippen LogP) is 2.48. The van der Waals surface area contributed by atoms with Crippen molar-refractivity contribution in [3.63, 3.8) is 0 Å². The van der Waals surface area contributed by atoms with Crippen LogP contribution in [-0.4, -0.2) is 16.7 Å². The third-order valence-corrected chi connectivity index (χ3v) is 3.55. The van der Waals surface area contributed by atoms with Gasteiger partial charge in [0.05, 0.1) is 6.54 Å². The molecule has 0 spiro atoms. The van der Waals surface area contributed by atoms with E-state index in [0.29, 0.717) is 4.47 Å². The van der Waals surface area contributed by atoms with Crippen molar-refractivity contribution in [2.24, 2.45) is 5.92 Å². The van der Waals surface area contributed by atoms with Crippen LogP contribution in [0.5, 0.6) is 0 Å². The van der Waals surface area contributed by atoms with E-state index in [1.165, 1.54) is 17.0 Å². The molecular weight excluding hydrogens is 289 g/mol. The molecule has 0 aliphatic carbocycles. The van der Waals surface area contributed by atoms with Gasteiger partial charge in [-0.1, -0.05) is 28.9 Å². The maximum Gasteiger partial charge on any atom is 0.232 e. The van der Waals surface area contributed by atoms with Gasteiger partial charge < -0.3 is 0 Å². The van der Waals surface area contributed by atoms with Crippen molar-refractivity contribution in [3.05, 3.63) is 34.1 Å². The minimum Gasteiger partial charge on any atom is -0.278 e. The van der Waals surface area contributed by atoms with Crippen LogP contribution >= 0.6 is 15.9 Å². The average molecular weight is 300 g/mol. The molecule has 0 N–H and O–H groups in total. The first-order valence-electron chi connectivity index (χ1n) is 5.27. The zero-order valence-corrected chi connectivity index (χ0v) is 10.8. The molecule has 0 aromatic heterocycles. The first-order valence-corrected chi connectivity index (χ1v) is 6.06.